The van der Waals surface area contributed by atoms with E-state index in [0.717, 1.165) is 11.1 Å². The highest BCUT2D eigenvalue weighted by Gasteiger charge is 2.14. The Hall–Kier alpha value is -2.49. The first-order valence-corrected chi connectivity index (χ1v) is 10.4. The molecule has 1 amide bonds. The topological polar surface area (TPSA) is 94.4 Å². The largest absolute Gasteiger partial charge is 0.483 e. The summed E-state index contributed by atoms with van der Waals surface area (Å²) in [7, 11) is 0. The number of carbonyl (C=O) groups excluding carboxylic acids is 1. The standard InChI is InChI=1S/C19H15BrClN3O4S/c1-10-6-15(17(20)11(2)18(10)21)28-8-16(25)23-19-22-14(9-29-19)12-4-3-5-13(7-12)24(26)27/h3-7,9H,8H2,1-2H3,(H,22,23,25). The van der Waals surface area contributed by atoms with E-state index in [-0.39, 0.29) is 18.2 Å². The Morgan fingerprint density at radius 2 is 2.14 bits per heavy atom. The molecule has 0 saturated carbocycles. The van der Waals surface area contributed by atoms with Gasteiger partial charge in [0.15, 0.2) is 11.7 Å². The molecule has 10 heteroatoms. The van der Waals surface area contributed by atoms with Gasteiger partial charge in [0.1, 0.15) is 5.75 Å². The minimum absolute atomic E-state index is 0.0198. The van der Waals surface area contributed by atoms with Gasteiger partial charge in [0.2, 0.25) is 0 Å². The van der Waals surface area contributed by atoms with Crippen LogP contribution >= 0.6 is 38.9 Å². The number of aryl methyl sites for hydroxylation is 1. The molecule has 29 heavy (non-hydrogen) atoms. The third kappa shape index (κ3) is 4.92. The van der Waals surface area contributed by atoms with Crippen LogP contribution in [0.1, 0.15) is 11.1 Å². The maximum atomic E-state index is 12.2. The van der Waals surface area contributed by atoms with Gasteiger partial charge in [0.05, 0.1) is 15.1 Å². The molecule has 1 aromatic heterocycles. The number of aromatic nitrogens is 1. The van der Waals surface area contributed by atoms with E-state index in [1.54, 1.807) is 23.6 Å². The molecule has 1 N–H and O–H groups in total. The Balaban J connectivity index is 1.65. The Bertz CT molecular complexity index is 1100. The monoisotopic (exact) mass is 495 g/mol. The van der Waals surface area contributed by atoms with Crippen molar-refractivity contribution in [3.05, 3.63) is 66.4 Å². The molecule has 0 spiro atoms. The SMILES string of the molecule is Cc1cc(OCC(=O)Nc2nc(-c3cccc([N+](=O)[O-])c3)cs2)c(Br)c(C)c1Cl. The minimum Gasteiger partial charge on any atom is -0.483 e. The van der Waals surface area contributed by atoms with Gasteiger partial charge in [-0.05, 0) is 47.0 Å². The van der Waals surface area contributed by atoms with Crippen LogP contribution < -0.4 is 10.1 Å². The molecule has 7 nitrogen and oxygen atoms in total. The number of hydrogen-bond donors (Lipinski definition) is 1. The number of nitrogens with one attached hydrogen (secondary N) is 1. The normalized spacial score (nSPS) is 10.6. The van der Waals surface area contributed by atoms with Crippen LogP contribution in [0.2, 0.25) is 5.02 Å². The summed E-state index contributed by atoms with van der Waals surface area (Å²) in [5, 5.41) is 16.3. The van der Waals surface area contributed by atoms with E-state index in [9.17, 15) is 14.9 Å². The van der Waals surface area contributed by atoms with Crippen LogP contribution in [-0.4, -0.2) is 22.4 Å². The Morgan fingerprint density at radius 1 is 1.38 bits per heavy atom. The third-order valence-electron chi connectivity index (χ3n) is 4.03. The van der Waals surface area contributed by atoms with Crippen LogP contribution in [0, 0.1) is 24.0 Å². The van der Waals surface area contributed by atoms with Crippen molar-refractivity contribution in [3.8, 4) is 17.0 Å². The molecule has 3 aromatic rings. The van der Waals surface area contributed by atoms with E-state index >= 15 is 0 Å². The number of benzene rings is 2. The Kier molecular flexibility index (Phi) is 6.51. The van der Waals surface area contributed by atoms with Crippen molar-refractivity contribution in [1.82, 2.24) is 4.98 Å². The molecule has 0 aliphatic heterocycles. The summed E-state index contributed by atoms with van der Waals surface area (Å²) in [5.74, 6) is 0.151. The predicted octanol–water partition coefficient (Wildman–Crippen LogP) is 5.77. The van der Waals surface area contributed by atoms with Crippen LogP contribution in [0.4, 0.5) is 10.8 Å². The van der Waals surface area contributed by atoms with Gasteiger partial charge in [0.25, 0.3) is 11.6 Å². The summed E-state index contributed by atoms with van der Waals surface area (Å²) in [6.07, 6.45) is 0. The number of nitro benzene ring substituents is 1. The molecule has 3 rings (SSSR count). The fraction of sp³-hybridized carbons (Fsp3) is 0.158. The third-order valence-corrected chi connectivity index (χ3v) is 6.36. The second-order valence-corrected chi connectivity index (χ2v) is 8.16. The first kappa shape index (κ1) is 21.2. The molecule has 0 unspecified atom stereocenters. The number of amides is 1. The fourth-order valence-corrected chi connectivity index (χ4v) is 3.97. The van der Waals surface area contributed by atoms with Crippen molar-refractivity contribution in [2.24, 2.45) is 0 Å². The maximum absolute atomic E-state index is 12.2. The Morgan fingerprint density at radius 3 is 2.86 bits per heavy atom. The predicted molar refractivity (Wildman–Crippen MR) is 117 cm³/mol. The molecular weight excluding hydrogens is 482 g/mol. The van der Waals surface area contributed by atoms with Crippen molar-refractivity contribution in [2.45, 2.75) is 13.8 Å². The van der Waals surface area contributed by atoms with Gasteiger partial charge in [-0.2, -0.15) is 0 Å². The van der Waals surface area contributed by atoms with Gasteiger partial charge in [0, 0.05) is 28.1 Å². The molecule has 150 valence electrons. The molecule has 0 fully saturated rings. The van der Waals surface area contributed by atoms with Gasteiger partial charge in [-0.1, -0.05) is 23.7 Å². The lowest BCUT2D eigenvalue weighted by Crippen LogP contribution is -2.20. The van der Waals surface area contributed by atoms with E-state index in [1.807, 2.05) is 13.8 Å². The number of nitro groups is 1. The molecule has 0 bridgehead atoms. The number of hydrogen-bond acceptors (Lipinski definition) is 6. The number of ether oxygens (including phenoxy) is 1. The Labute approximate surface area is 184 Å². The average molecular weight is 497 g/mol. The molecule has 0 atom stereocenters. The number of anilines is 1. The van der Waals surface area contributed by atoms with Crippen molar-refractivity contribution < 1.29 is 14.5 Å². The number of non-ortho nitro benzene ring substituents is 1. The van der Waals surface area contributed by atoms with Crippen LogP contribution in [0.3, 0.4) is 0 Å². The van der Waals surface area contributed by atoms with E-state index < -0.39 is 4.92 Å². The van der Waals surface area contributed by atoms with Crippen LogP contribution in [0.5, 0.6) is 5.75 Å². The summed E-state index contributed by atoms with van der Waals surface area (Å²) in [6.45, 7) is 3.52. The zero-order valence-corrected chi connectivity index (χ0v) is 18.5. The molecule has 0 radical (unpaired) electrons. The highest BCUT2D eigenvalue weighted by atomic mass is 79.9. The van der Waals surface area contributed by atoms with Crippen LogP contribution in [0.25, 0.3) is 11.3 Å². The first-order chi connectivity index (χ1) is 13.8. The van der Waals surface area contributed by atoms with Crippen molar-refractivity contribution in [3.63, 3.8) is 0 Å². The molecule has 0 aliphatic rings. The minimum atomic E-state index is -0.464. The number of halogens is 2. The summed E-state index contributed by atoms with van der Waals surface area (Å²) >= 11 is 10.8. The second kappa shape index (κ2) is 8.89. The van der Waals surface area contributed by atoms with E-state index in [1.165, 1.54) is 23.5 Å². The summed E-state index contributed by atoms with van der Waals surface area (Å²) < 4.78 is 6.30. The number of nitrogens with zero attached hydrogens (tertiary/aromatic N) is 2. The average Bonchev–Trinajstić information content (AvgIpc) is 3.16. The van der Waals surface area contributed by atoms with Gasteiger partial charge in [-0.25, -0.2) is 4.98 Å². The van der Waals surface area contributed by atoms with E-state index in [4.69, 9.17) is 16.3 Å². The van der Waals surface area contributed by atoms with Gasteiger partial charge < -0.3 is 4.74 Å². The highest BCUT2D eigenvalue weighted by molar-refractivity contribution is 9.10. The lowest BCUT2D eigenvalue weighted by Gasteiger charge is -2.12. The van der Waals surface area contributed by atoms with E-state index in [2.05, 4.69) is 26.2 Å². The second-order valence-electron chi connectivity index (χ2n) is 6.13. The molecule has 1 heterocycles. The molecular formula is C19H15BrClN3O4S. The number of thiazole rings is 1. The number of carbonyl (C=O) groups is 1. The summed E-state index contributed by atoms with van der Waals surface area (Å²) in [6, 6.07) is 7.92. The van der Waals surface area contributed by atoms with Gasteiger partial charge >= 0.3 is 0 Å². The first-order valence-electron chi connectivity index (χ1n) is 8.34. The summed E-state index contributed by atoms with van der Waals surface area (Å²) in [4.78, 5) is 27.0. The van der Waals surface area contributed by atoms with Crippen LogP contribution in [0.15, 0.2) is 40.2 Å². The molecule has 0 saturated heterocycles. The highest BCUT2D eigenvalue weighted by Crippen LogP contribution is 2.35. The maximum Gasteiger partial charge on any atom is 0.270 e. The van der Waals surface area contributed by atoms with Crippen molar-refractivity contribution in [1.29, 1.82) is 0 Å². The fourth-order valence-electron chi connectivity index (χ4n) is 2.55. The zero-order chi connectivity index (χ0) is 21.1. The lowest BCUT2D eigenvalue weighted by molar-refractivity contribution is -0.384. The van der Waals surface area contributed by atoms with Gasteiger partial charge in [-0.3, -0.25) is 20.2 Å². The summed E-state index contributed by atoms with van der Waals surface area (Å²) in [5.41, 5.74) is 2.81. The van der Waals surface area contributed by atoms with Gasteiger partial charge in [-0.15, -0.1) is 11.3 Å². The van der Waals surface area contributed by atoms with E-state index in [0.29, 0.717) is 31.6 Å². The number of rotatable bonds is 6. The van der Waals surface area contributed by atoms with Crippen LogP contribution in [-0.2, 0) is 4.79 Å². The van der Waals surface area contributed by atoms with Crippen molar-refractivity contribution >= 4 is 55.6 Å². The zero-order valence-electron chi connectivity index (χ0n) is 15.4. The quantitative estimate of drug-likeness (QED) is 0.345. The lowest BCUT2D eigenvalue weighted by atomic mass is 10.1. The smallest absolute Gasteiger partial charge is 0.270 e. The molecule has 2 aromatic carbocycles. The molecule has 0 aliphatic carbocycles. The van der Waals surface area contributed by atoms with Crippen molar-refractivity contribution in [2.75, 3.05) is 11.9 Å².